The van der Waals surface area contributed by atoms with Crippen molar-refractivity contribution in [2.45, 2.75) is 25.8 Å². The molecule has 1 aromatic rings. The molecule has 1 aromatic carbocycles. The summed E-state index contributed by atoms with van der Waals surface area (Å²) < 4.78 is 5.48. The Morgan fingerprint density at radius 1 is 1.47 bits per heavy atom. The number of benzene rings is 1. The van der Waals surface area contributed by atoms with Gasteiger partial charge in [0.2, 0.25) is 0 Å². The van der Waals surface area contributed by atoms with Crippen molar-refractivity contribution in [1.29, 1.82) is 0 Å². The first kappa shape index (κ1) is 14.6. The predicted molar refractivity (Wildman–Crippen MR) is 79.9 cm³/mol. The van der Waals surface area contributed by atoms with E-state index in [2.05, 4.69) is 24.9 Å². The van der Waals surface area contributed by atoms with Crippen LogP contribution < -0.4 is 10.5 Å². The van der Waals surface area contributed by atoms with E-state index < -0.39 is 0 Å². The van der Waals surface area contributed by atoms with E-state index in [-0.39, 0.29) is 0 Å². The van der Waals surface area contributed by atoms with Gasteiger partial charge >= 0.3 is 0 Å². The Bertz CT molecular complexity index is 450. The smallest absolute Gasteiger partial charge is 0.123 e. The molecule has 1 fully saturated rings. The minimum atomic E-state index is 0.399. The Balaban J connectivity index is 2.41. The molecule has 0 radical (unpaired) electrons. The van der Waals surface area contributed by atoms with E-state index >= 15 is 0 Å². The highest BCUT2D eigenvalue weighted by molar-refractivity contribution is 6.30. The summed E-state index contributed by atoms with van der Waals surface area (Å²) in [7, 11) is 3.86. The summed E-state index contributed by atoms with van der Waals surface area (Å²) in [6.07, 6.45) is 2.05. The summed E-state index contributed by atoms with van der Waals surface area (Å²) in [5, 5.41) is 0.744. The van der Waals surface area contributed by atoms with Crippen molar-refractivity contribution in [3.8, 4) is 5.75 Å². The Kier molecular flexibility index (Phi) is 4.71. The lowest BCUT2D eigenvalue weighted by atomic mass is 9.94. The second kappa shape index (κ2) is 6.12. The highest BCUT2D eigenvalue weighted by Gasteiger charge is 2.31. The van der Waals surface area contributed by atoms with Gasteiger partial charge in [0.05, 0.1) is 7.11 Å². The van der Waals surface area contributed by atoms with Crippen molar-refractivity contribution in [3.63, 3.8) is 0 Å². The van der Waals surface area contributed by atoms with Crippen molar-refractivity contribution in [2.24, 2.45) is 11.7 Å². The summed E-state index contributed by atoms with van der Waals surface area (Å²) >= 11 is 6.23. The zero-order chi connectivity index (χ0) is 14.0. The number of nitrogens with zero attached hydrogens (tertiary/aromatic N) is 1. The van der Waals surface area contributed by atoms with Crippen LogP contribution in [-0.4, -0.2) is 32.1 Å². The van der Waals surface area contributed by atoms with Gasteiger partial charge in [0.1, 0.15) is 5.75 Å². The van der Waals surface area contributed by atoms with E-state index in [1.165, 1.54) is 11.1 Å². The summed E-state index contributed by atoms with van der Waals surface area (Å²) in [5.74, 6) is 1.47. The molecule has 0 amide bonds. The molecule has 2 atom stereocenters. The minimum absolute atomic E-state index is 0.399. The molecule has 0 saturated carbocycles. The molecule has 0 aliphatic carbocycles. The molecule has 4 heteroatoms. The Morgan fingerprint density at radius 2 is 2.21 bits per heavy atom. The average molecular weight is 283 g/mol. The van der Waals surface area contributed by atoms with Crippen LogP contribution in [0.2, 0.25) is 5.02 Å². The number of ether oxygens (including phenoxy) is 1. The third-order valence-electron chi connectivity index (χ3n) is 4.11. The molecule has 2 rings (SSSR count). The number of nitrogens with two attached hydrogens (primary N) is 1. The summed E-state index contributed by atoms with van der Waals surface area (Å²) in [4.78, 5) is 2.38. The van der Waals surface area contributed by atoms with Crippen LogP contribution >= 0.6 is 11.6 Å². The van der Waals surface area contributed by atoms with Gasteiger partial charge in [-0.3, -0.25) is 4.90 Å². The molecule has 1 saturated heterocycles. The standard InChI is InChI=1S/C15H23ClN2O/c1-4-12-13(6-11(16)7-15(12)19-3)14-5-10(8-17)9-18(14)2/h6-7,10,14H,4-5,8-9,17H2,1-3H3. The molecule has 1 heterocycles. The van der Waals surface area contributed by atoms with Gasteiger partial charge < -0.3 is 10.5 Å². The van der Waals surface area contributed by atoms with Crippen molar-refractivity contribution in [3.05, 3.63) is 28.3 Å². The first-order chi connectivity index (χ1) is 9.10. The molecule has 106 valence electrons. The van der Waals surface area contributed by atoms with Crippen molar-refractivity contribution < 1.29 is 4.74 Å². The van der Waals surface area contributed by atoms with Crippen molar-refractivity contribution >= 4 is 11.6 Å². The Morgan fingerprint density at radius 3 is 2.74 bits per heavy atom. The molecular weight excluding hydrogens is 260 g/mol. The van der Waals surface area contributed by atoms with E-state index in [0.29, 0.717) is 12.0 Å². The monoisotopic (exact) mass is 282 g/mol. The van der Waals surface area contributed by atoms with Gasteiger partial charge in [-0.2, -0.15) is 0 Å². The highest BCUT2D eigenvalue weighted by Crippen LogP contribution is 2.39. The molecular formula is C15H23ClN2O. The van der Waals surface area contributed by atoms with Crippen LogP contribution in [-0.2, 0) is 6.42 Å². The normalized spacial score (nSPS) is 23.8. The van der Waals surface area contributed by atoms with Crippen LogP contribution in [0.15, 0.2) is 12.1 Å². The van der Waals surface area contributed by atoms with E-state index in [0.717, 1.165) is 36.7 Å². The molecule has 0 bridgehead atoms. The number of halogens is 1. The summed E-state index contributed by atoms with van der Waals surface area (Å²) in [5.41, 5.74) is 8.38. The number of likely N-dealkylation sites (tertiary alicyclic amines) is 1. The van der Waals surface area contributed by atoms with Crippen LogP contribution in [0, 0.1) is 5.92 Å². The zero-order valence-corrected chi connectivity index (χ0v) is 12.7. The molecule has 2 unspecified atom stereocenters. The molecule has 19 heavy (non-hydrogen) atoms. The second-order valence-electron chi connectivity index (χ2n) is 5.32. The molecule has 0 aromatic heterocycles. The Hall–Kier alpha value is -0.770. The van der Waals surface area contributed by atoms with Crippen LogP contribution in [0.3, 0.4) is 0 Å². The predicted octanol–water partition coefficient (Wildman–Crippen LogP) is 2.86. The fraction of sp³-hybridized carbons (Fsp3) is 0.600. The summed E-state index contributed by atoms with van der Waals surface area (Å²) in [6, 6.07) is 4.39. The molecule has 1 aliphatic rings. The number of hydrogen-bond donors (Lipinski definition) is 1. The number of hydrogen-bond acceptors (Lipinski definition) is 3. The maximum atomic E-state index is 6.23. The van der Waals surface area contributed by atoms with Crippen LogP contribution in [0.5, 0.6) is 5.75 Å². The van der Waals surface area contributed by atoms with Gasteiger partial charge in [0.25, 0.3) is 0 Å². The molecule has 2 N–H and O–H groups in total. The van der Waals surface area contributed by atoms with E-state index in [4.69, 9.17) is 22.1 Å². The fourth-order valence-corrected chi connectivity index (χ4v) is 3.35. The average Bonchev–Trinajstić information content (AvgIpc) is 2.78. The second-order valence-corrected chi connectivity index (χ2v) is 5.76. The van der Waals surface area contributed by atoms with E-state index in [9.17, 15) is 0 Å². The van der Waals surface area contributed by atoms with Gasteiger partial charge in [-0.25, -0.2) is 0 Å². The zero-order valence-electron chi connectivity index (χ0n) is 11.9. The topological polar surface area (TPSA) is 38.5 Å². The van der Waals surface area contributed by atoms with E-state index in [1.54, 1.807) is 7.11 Å². The third kappa shape index (κ3) is 2.88. The number of methoxy groups -OCH3 is 1. The fourth-order valence-electron chi connectivity index (χ4n) is 3.13. The van der Waals surface area contributed by atoms with Gasteiger partial charge in [0, 0.05) is 17.6 Å². The first-order valence-corrected chi connectivity index (χ1v) is 7.25. The van der Waals surface area contributed by atoms with Gasteiger partial charge in [-0.1, -0.05) is 18.5 Å². The van der Waals surface area contributed by atoms with Crippen LogP contribution in [0.4, 0.5) is 0 Å². The first-order valence-electron chi connectivity index (χ1n) is 6.87. The van der Waals surface area contributed by atoms with Gasteiger partial charge in [-0.15, -0.1) is 0 Å². The summed E-state index contributed by atoms with van der Waals surface area (Å²) in [6.45, 7) is 3.96. The van der Waals surface area contributed by atoms with Crippen LogP contribution in [0.1, 0.15) is 30.5 Å². The molecule has 3 nitrogen and oxygen atoms in total. The quantitative estimate of drug-likeness (QED) is 0.923. The van der Waals surface area contributed by atoms with Gasteiger partial charge in [-0.05, 0) is 55.6 Å². The van der Waals surface area contributed by atoms with E-state index in [1.807, 2.05) is 6.07 Å². The lowest BCUT2D eigenvalue weighted by molar-refractivity contribution is 0.311. The SMILES string of the molecule is CCc1c(OC)cc(Cl)cc1C1CC(CN)CN1C. The third-order valence-corrected chi connectivity index (χ3v) is 4.33. The number of rotatable bonds is 4. The highest BCUT2D eigenvalue weighted by atomic mass is 35.5. The van der Waals surface area contributed by atoms with Crippen molar-refractivity contribution in [2.75, 3.05) is 27.2 Å². The van der Waals surface area contributed by atoms with Crippen molar-refractivity contribution in [1.82, 2.24) is 4.90 Å². The largest absolute Gasteiger partial charge is 0.496 e. The van der Waals surface area contributed by atoms with Crippen LogP contribution in [0.25, 0.3) is 0 Å². The Labute approximate surface area is 120 Å². The maximum Gasteiger partial charge on any atom is 0.123 e. The molecule has 0 spiro atoms. The minimum Gasteiger partial charge on any atom is -0.496 e. The lowest BCUT2D eigenvalue weighted by Crippen LogP contribution is -2.21. The lowest BCUT2D eigenvalue weighted by Gasteiger charge is -2.24. The van der Waals surface area contributed by atoms with Gasteiger partial charge in [0.15, 0.2) is 0 Å². The molecule has 1 aliphatic heterocycles. The maximum absolute atomic E-state index is 6.23.